The molecular weight excluding hydrogens is 748 g/mol. The van der Waals surface area contributed by atoms with Gasteiger partial charge >= 0.3 is 0 Å². The van der Waals surface area contributed by atoms with E-state index in [4.69, 9.17) is 25.6 Å². The molecule has 3 aromatic rings. The standard InChI is InChI=1S/C43H57ClN6O5S/c1-29-8-6-17-43(53-4,27-49-20-18-48(19-21-49)25-40-45-31(3)46-55-40)37-13-10-34(37)24-50-26-42(16-7-9-32-22-35(44)12-14-36(32)42)28-54-39-15-11-33(23-38(39)50)41(51)47-56(5,52)30(29)2/h6,11-12,14-15,17,22-23,29-30,34,37H,5,7-10,13,16,18-21,24-28H2,1-4H3,(H,47,51,52)/b17-6+/t29-,30+,34-,37+,42-,43+,56?/m0/s1. The third-order valence-corrected chi connectivity index (χ3v) is 16.1. The quantitative estimate of drug-likeness (QED) is 0.241. The van der Waals surface area contributed by atoms with Crippen molar-refractivity contribution >= 4 is 38.8 Å². The number of anilines is 1. The number of rotatable bonds is 5. The Hall–Kier alpha value is -3.42. The Morgan fingerprint density at radius 1 is 1.11 bits per heavy atom. The van der Waals surface area contributed by atoms with Gasteiger partial charge in [0.2, 0.25) is 5.89 Å². The van der Waals surface area contributed by atoms with Crippen molar-refractivity contribution in [3.63, 3.8) is 0 Å². The van der Waals surface area contributed by atoms with Crippen LogP contribution in [-0.2, 0) is 32.8 Å². The van der Waals surface area contributed by atoms with Gasteiger partial charge < -0.3 is 18.9 Å². The second-order valence-electron chi connectivity index (χ2n) is 17.2. The Bertz CT molecular complexity index is 2070. The molecule has 1 N–H and O–H groups in total. The monoisotopic (exact) mass is 804 g/mol. The molecule has 1 spiro atoms. The Kier molecular flexibility index (Phi) is 11.1. The lowest BCUT2D eigenvalue weighted by Crippen LogP contribution is -2.59. The number of hydrogen-bond donors (Lipinski definition) is 1. The second-order valence-corrected chi connectivity index (χ2v) is 20.0. The van der Waals surface area contributed by atoms with Crippen LogP contribution in [0, 0.1) is 24.7 Å². The Morgan fingerprint density at radius 3 is 2.64 bits per heavy atom. The summed E-state index contributed by atoms with van der Waals surface area (Å²) >= 11 is 6.53. The number of nitrogens with one attached hydrogen (secondary N) is 1. The van der Waals surface area contributed by atoms with Gasteiger partial charge in [0.05, 0.1) is 28.5 Å². The number of amides is 1. The van der Waals surface area contributed by atoms with Crippen molar-refractivity contribution in [1.29, 1.82) is 0 Å². The Balaban J connectivity index is 1.14. The number of hydrogen-bond acceptors (Lipinski definition) is 10. The highest BCUT2D eigenvalue weighted by atomic mass is 35.5. The fourth-order valence-electron chi connectivity index (χ4n) is 9.96. The summed E-state index contributed by atoms with van der Waals surface area (Å²) in [7, 11) is -1.11. The van der Waals surface area contributed by atoms with Gasteiger partial charge in [-0.15, -0.1) is 0 Å². The summed E-state index contributed by atoms with van der Waals surface area (Å²) in [6.45, 7) is 13.0. The lowest BCUT2D eigenvalue weighted by Gasteiger charge is -2.52. The number of fused-ring (bicyclic) bond motifs is 4. The molecule has 5 aliphatic rings. The van der Waals surface area contributed by atoms with E-state index in [1.54, 1.807) is 6.07 Å². The minimum Gasteiger partial charge on any atom is -0.490 e. The number of halogens is 1. The molecule has 0 radical (unpaired) electrons. The topological polar surface area (TPSA) is 113 Å². The normalized spacial score (nSPS) is 33.4. The summed E-state index contributed by atoms with van der Waals surface area (Å²) in [5.74, 6) is 6.41. The molecule has 1 saturated carbocycles. The van der Waals surface area contributed by atoms with E-state index >= 15 is 0 Å². The summed E-state index contributed by atoms with van der Waals surface area (Å²) in [6, 6.07) is 12.0. The van der Waals surface area contributed by atoms with Crippen LogP contribution in [-0.4, -0.2) is 106 Å². The Morgan fingerprint density at radius 2 is 1.91 bits per heavy atom. The molecule has 8 rings (SSSR count). The highest BCUT2D eigenvalue weighted by Crippen LogP contribution is 2.49. The minimum atomic E-state index is -2.98. The zero-order valence-electron chi connectivity index (χ0n) is 33.3. The highest BCUT2D eigenvalue weighted by Gasteiger charge is 2.50. The fourth-order valence-corrected chi connectivity index (χ4v) is 11.6. The molecule has 13 heteroatoms. The summed E-state index contributed by atoms with van der Waals surface area (Å²) < 4.78 is 35.9. The summed E-state index contributed by atoms with van der Waals surface area (Å²) in [5, 5.41) is 4.38. The largest absolute Gasteiger partial charge is 0.490 e. The van der Waals surface area contributed by atoms with Crippen LogP contribution >= 0.6 is 11.6 Å². The number of aryl methyl sites for hydroxylation is 2. The van der Waals surface area contributed by atoms with E-state index in [1.807, 2.05) is 39.2 Å². The molecular formula is C43H57ClN6O5S. The number of aromatic nitrogens is 2. The highest BCUT2D eigenvalue weighted by molar-refractivity contribution is 7.99. The van der Waals surface area contributed by atoms with Crippen LogP contribution in [0.4, 0.5) is 5.69 Å². The van der Waals surface area contributed by atoms with Gasteiger partial charge in [-0.25, -0.2) is 4.21 Å². The van der Waals surface area contributed by atoms with E-state index in [0.717, 1.165) is 94.4 Å². The van der Waals surface area contributed by atoms with Gasteiger partial charge in [-0.1, -0.05) is 41.9 Å². The molecule has 11 nitrogen and oxygen atoms in total. The molecule has 4 heterocycles. The van der Waals surface area contributed by atoms with E-state index < -0.39 is 15.3 Å². The van der Waals surface area contributed by atoms with E-state index in [0.29, 0.717) is 42.8 Å². The first-order chi connectivity index (χ1) is 26.9. The van der Waals surface area contributed by atoms with Crippen molar-refractivity contribution in [2.75, 3.05) is 64.4 Å². The number of nitrogens with zero attached hydrogens (tertiary/aromatic N) is 5. The van der Waals surface area contributed by atoms with Gasteiger partial charge in [-0.2, -0.15) is 4.98 Å². The smallest absolute Gasteiger partial charge is 0.262 e. The molecule has 1 unspecified atom stereocenters. The minimum absolute atomic E-state index is 0.00783. The van der Waals surface area contributed by atoms with Crippen molar-refractivity contribution in [3.8, 4) is 5.75 Å². The maximum Gasteiger partial charge on any atom is 0.262 e. The zero-order chi connectivity index (χ0) is 39.2. The number of carbonyl (C=O) groups is 1. The number of methoxy groups -OCH3 is 1. The van der Waals surface area contributed by atoms with Crippen LogP contribution in [0.3, 0.4) is 0 Å². The van der Waals surface area contributed by atoms with E-state index in [9.17, 15) is 9.00 Å². The number of carbonyl (C=O) groups excluding carboxylic acids is 1. The average Bonchev–Trinajstić information content (AvgIpc) is 3.51. The average molecular weight is 805 g/mol. The molecule has 7 atom stereocenters. The first-order valence-electron chi connectivity index (χ1n) is 20.3. The third kappa shape index (κ3) is 7.76. The zero-order valence-corrected chi connectivity index (χ0v) is 34.9. The predicted octanol–water partition coefficient (Wildman–Crippen LogP) is 6.08. The first-order valence-corrected chi connectivity index (χ1v) is 22.5. The summed E-state index contributed by atoms with van der Waals surface area (Å²) in [5.41, 5.74) is 3.18. The number of benzene rings is 2. The van der Waals surface area contributed by atoms with Crippen molar-refractivity contribution in [2.24, 2.45) is 17.8 Å². The number of piperazine rings is 1. The SMILES string of the molecule is C=S1(=O)NC(=O)c2ccc3c(c2)N(C[C@@H]2CC[C@H]2[C@@](CN2CCN(Cc4nc(C)no4)CC2)(OC)/C=C/C[C@H](C)[C@H]1C)C[C@@]1(CCCc2cc(Cl)ccc21)CO3. The van der Waals surface area contributed by atoms with Crippen molar-refractivity contribution in [3.05, 3.63) is 82.0 Å². The molecule has 1 saturated heterocycles. The lowest BCUT2D eigenvalue weighted by molar-refractivity contribution is -0.0958. The molecule has 2 fully saturated rings. The molecule has 2 aliphatic carbocycles. The van der Waals surface area contributed by atoms with Gasteiger partial charge in [-0.05, 0) is 117 Å². The van der Waals surface area contributed by atoms with Gasteiger partial charge in [-0.3, -0.25) is 19.3 Å². The first kappa shape index (κ1) is 39.4. The van der Waals surface area contributed by atoms with Crippen LogP contribution in [0.25, 0.3) is 0 Å². The van der Waals surface area contributed by atoms with Gasteiger partial charge in [0.15, 0.2) is 5.82 Å². The maximum absolute atomic E-state index is 14.1. The van der Waals surface area contributed by atoms with Crippen LogP contribution in [0.1, 0.15) is 79.2 Å². The van der Waals surface area contributed by atoms with Crippen LogP contribution < -0.4 is 14.4 Å². The number of allylic oxidation sites excluding steroid dienone is 1. The fraction of sp³-hybridized carbons (Fsp3) is 0.581. The van der Waals surface area contributed by atoms with Gasteiger partial charge in [0.1, 0.15) is 11.4 Å². The number of ether oxygens (including phenoxy) is 2. The predicted molar refractivity (Wildman–Crippen MR) is 222 cm³/mol. The van der Waals surface area contributed by atoms with Gasteiger partial charge in [0.25, 0.3) is 5.91 Å². The Labute approximate surface area is 337 Å². The maximum atomic E-state index is 14.1. The molecule has 2 bridgehead atoms. The third-order valence-electron chi connectivity index (χ3n) is 13.6. The molecule has 3 aliphatic heterocycles. The molecule has 1 amide bonds. The van der Waals surface area contributed by atoms with E-state index in [1.165, 1.54) is 11.1 Å². The lowest BCUT2D eigenvalue weighted by atomic mass is 9.63. The van der Waals surface area contributed by atoms with Crippen LogP contribution in [0.15, 0.2) is 53.1 Å². The summed E-state index contributed by atoms with van der Waals surface area (Å²) in [4.78, 5) is 25.7. The molecule has 1 aromatic heterocycles. The molecule has 302 valence electrons. The van der Waals surface area contributed by atoms with Crippen molar-refractivity contribution < 1.29 is 23.0 Å². The molecule has 56 heavy (non-hydrogen) atoms. The second kappa shape index (κ2) is 15.7. The van der Waals surface area contributed by atoms with Crippen LogP contribution in [0.2, 0.25) is 5.02 Å². The molecule has 2 aromatic carbocycles. The van der Waals surface area contributed by atoms with Gasteiger partial charge in [0, 0.05) is 74.2 Å². The van der Waals surface area contributed by atoms with E-state index in [-0.39, 0.29) is 28.4 Å². The van der Waals surface area contributed by atoms with E-state index in [2.05, 4.69) is 66.6 Å². The summed E-state index contributed by atoms with van der Waals surface area (Å²) in [6.07, 6.45) is 10.4. The van der Waals surface area contributed by atoms with Crippen LogP contribution in [0.5, 0.6) is 5.75 Å². The van der Waals surface area contributed by atoms with Crippen molar-refractivity contribution in [1.82, 2.24) is 24.7 Å². The van der Waals surface area contributed by atoms with Crippen molar-refractivity contribution in [2.45, 2.75) is 82.1 Å².